The number of quaternary nitrogens is 1. The molecule has 3 N–H and O–H groups in total. The van der Waals surface area contributed by atoms with Gasteiger partial charge in [0.25, 0.3) is 0 Å². The molecule has 2 unspecified atom stereocenters. The zero-order valence-corrected chi connectivity index (χ0v) is 26.0. The highest BCUT2D eigenvalue weighted by molar-refractivity contribution is 7.51. The molecule has 0 heterocycles. The van der Waals surface area contributed by atoms with E-state index in [1.165, 1.54) is 71.1 Å². The van der Waals surface area contributed by atoms with Crippen molar-refractivity contribution in [3.05, 3.63) is 12.2 Å². The number of ether oxygens (including phenoxy) is 1. The van der Waals surface area contributed by atoms with Gasteiger partial charge in [-0.2, -0.15) is 0 Å². The Bertz CT molecular complexity index is 686. The maximum absolute atomic E-state index is 12.5. The van der Waals surface area contributed by atoms with Gasteiger partial charge in [-0.05, 0) is 39.0 Å². The molecule has 10 heteroatoms. The molecule has 0 saturated carbocycles. The van der Waals surface area contributed by atoms with Gasteiger partial charge in [-0.3, -0.25) is 4.79 Å². The van der Waals surface area contributed by atoms with Gasteiger partial charge in [0.2, 0.25) is 0 Å². The highest BCUT2D eigenvalue weighted by Gasteiger charge is 2.34. The zero-order chi connectivity index (χ0) is 29.6. The van der Waals surface area contributed by atoms with Crippen molar-refractivity contribution in [2.45, 2.75) is 135 Å². The van der Waals surface area contributed by atoms with Crippen LogP contribution >= 0.6 is 7.60 Å². The van der Waals surface area contributed by atoms with E-state index in [1.54, 1.807) is 14.1 Å². The summed E-state index contributed by atoms with van der Waals surface area (Å²) < 4.78 is 22.5. The molecule has 0 aromatic carbocycles. The van der Waals surface area contributed by atoms with E-state index in [0.717, 1.165) is 19.3 Å². The Kier molecular flexibility index (Phi) is 22.4. The fraction of sp³-hybridized carbons (Fsp3) is 0.897. The van der Waals surface area contributed by atoms with Crippen LogP contribution in [0.15, 0.2) is 12.2 Å². The lowest BCUT2D eigenvalue weighted by atomic mass is 10.1. The predicted octanol–water partition coefficient (Wildman–Crippen LogP) is 5.01. The topological polar surface area (TPSA) is 136 Å². The minimum Gasteiger partial charge on any atom is -0.774 e. The first-order chi connectivity index (χ1) is 18.4. The molecule has 0 spiro atoms. The molecule has 0 aromatic heterocycles. The monoisotopic (exact) mass is 579 g/mol. The molecule has 0 aliphatic heterocycles. The minimum atomic E-state index is -4.36. The summed E-state index contributed by atoms with van der Waals surface area (Å²) in [6.45, 7) is 3.09. The number of aliphatic hydroxyl groups excluding tert-OH is 2. The van der Waals surface area contributed by atoms with Crippen LogP contribution in [0.2, 0.25) is 0 Å². The minimum absolute atomic E-state index is 0.0194. The number of aliphatic hydroxyl groups is 3. The summed E-state index contributed by atoms with van der Waals surface area (Å²) in [7, 11) is -1.07. The Morgan fingerprint density at radius 2 is 1.38 bits per heavy atom. The summed E-state index contributed by atoms with van der Waals surface area (Å²) >= 11 is 0. The van der Waals surface area contributed by atoms with Crippen molar-refractivity contribution in [1.82, 2.24) is 0 Å². The van der Waals surface area contributed by atoms with E-state index in [0.29, 0.717) is 6.42 Å². The summed E-state index contributed by atoms with van der Waals surface area (Å²) in [4.78, 5) is 24.4. The fourth-order valence-corrected chi connectivity index (χ4v) is 5.62. The molecule has 0 amide bonds. The Balaban J connectivity index is 3.83. The van der Waals surface area contributed by atoms with Gasteiger partial charge in [-0.1, -0.05) is 76.9 Å². The van der Waals surface area contributed by atoms with Crippen LogP contribution in [0.25, 0.3) is 0 Å². The maximum Gasteiger partial charge on any atom is 0.305 e. The number of carbonyl (C=O) groups excluding carboxylic acids is 1. The van der Waals surface area contributed by atoms with E-state index in [-0.39, 0.29) is 30.5 Å². The molecule has 3 atom stereocenters. The van der Waals surface area contributed by atoms with Gasteiger partial charge >= 0.3 is 5.97 Å². The van der Waals surface area contributed by atoms with Crippen LogP contribution in [-0.4, -0.2) is 77.8 Å². The van der Waals surface area contributed by atoms with Gasteiger partial charge in [0.15, 0.2) is 13.9 Å². The molecule has 0 fully saturated rings. The van der Waals surface area contributed by atoms with Gasteiger partial charge in [0.05, 0.1) is 27.2 Å². The van der Waals surface area contributed by atoms with Crippen LogP contribution in [0, 0.1) is 0 Å². The number of carbonyl (C=O) groups is 1. The lowest BCUT2D eigenvalue weighted by Crippen LogP contribution is -2.50. The van der Waals surface area contributed by atoms with Crippen LogP contribution in [0.1, 0.15) is 117 Å². The largest absolute Gasteiger partial charge is 0.774 e. The molecule has 0 aliphatic carbocycles. The van der Waals surface area contributed by atoms with Crippen LogP contribution in [0.4, 0.5) is 0 Å². The average molecular weight is 580 g/mol. The first-order valence-corrected chi connectivity index (χ1v) is 16.7. The third-order valence-corrected chi connectivity index (χ3v) is 9.26. The first-order valence-electron chi connectivity index (χ1n) is 15.0. The molecule has 232 valence electrons. The number of hydrogen-bond donors (Lipinski definition) is 3. The van der Waals surface area contributed by atoms with Crippen LogP contribution in [-0.2, 0) is 18.6 Å². The smallest absolute Gasteiger partial charge is 0.305 e. The lowest BCUT2D eigenvalue weighted by molar-refractivity contribution is -0.902. The van der Waals surface area contributed by atoms with E-state index in [1.807, 2.05) is 0 Å². The van der Waals surface area contributed by atoms with Crippen molar-refractivity contribution in [2.24, 2.45) is 0 Å². The van der Waals surface area contributed by atoms with Crippen molar-refractivity contribution < 1.29 is 43.3 Å². The highest BCUT2D eigenvalue weighted by Crippen LogP contribution is 2.46. The second-order valence-electron chi connectivity index (χ2n) is 11.3. The number of unbranched alkanes of at least 4 members (excludes halogenated alkanes) is 12. The molecule has 0 bridgehead atoms. The summed E-state index contributed by atoms with van der Waals surface area (Å²) in [6.07, 6.45) is 18.9. The molecule has 0 aromatic rings. The molecular weight excluding hydrogens is 521 g/mol. The molecule has 0 radical (unpaired) electrons. The van der Waals surface area contributed by atoms with Crippen molar-refractivity contribution in [1.29, 1.82) is 0 Å². The highest BCUT2D eigenvalue weighted by atomic mass is 31.2. The Morgan fingerprint density at radius 1 is 0.872 bits per heavy atom. The molecule has 9 nitrogen and oxygen atoms in total. The van der Waals surface area contributed by atoms with Crippen LogP contribution in [0.5, 0.6) is 0 Å². The van der Waals surface area contributed by atoms with Gasteiger partial charge in [-0.25, -0.2) is 0 Å². The third kappa shape index (κ3) is 21.6. The number of rotatable bonds is 26. The quantitative estimate of drug-likeness (QED) is 0.0325. The second-order valence-corrected chi connectivity index (χ2v) is 13.3. The summed E-state index contributed by atoms with van der Waals surface area (Å²) in [5.41, 5.74) is 0. The van der Waals surface area contributed by atoms with Gasteiger partial charge in [0.1, 0.15) is 18.5 Å². The number of nitrogens with zero attached hydrogens (tertiary/aromatic N) is 1. The van der Waals surface area contributed by atoms with Gasteiger partial charge < -0.3 is 38.5 Å². The number of hydrogen-bond acceptors (Lipinski definition) is 8. The van der Waals surface area contributed by atoms with Crippen molar-refractivity contribution in [2.75, 3.05) is 33.9 Å². The summed E-state index contributed by atoms with van der Waals surface area (Å²) in [5.74, 6) is -1.39. The molecule has 0 aliphatic rings. The molecule has 0 saturated heterocycles. The van der Waals surface area contributed by atoms with Crippen molar-refractivity contribution in [3.63, 3.8) is 0 Å². The lowest BCUT2D eigenvalue weighted by Gasteiger charge is -2.42. The normalized spacial score (nSPS) is 15.5. The van der Waals surface area contributed by atoms with Gasteiger partial charge in [0, 0.05) is 12.8 Å². The Hall–Kier alpha value is -0.800. The summed E-state index contributed by atoms with van der Waals surface area (Å²) in [6, 6.07) is 0. The second kappa shape index (κ2) is 22.8. The van der Waals surface area contributed by atoms with E-state index >= 15 is 0 Å². The Labute approximate surface area is 237 Å². The predicted molar refractivity (Wildman–Crippen MR) is 154 cm³/mol. The maximum atomic E-state index is 12.5. The average Bonchev–Trinajstić information content (AvgIpc) is 2.89. The standard InChI is InChI=1S/C29H58NO8P/c1-5-6-7-8-9-10-11-12-13-14-15-16-17-18-19-20-21-29(34)37-24-27(31)25-38-39(35,36)26(2)30(3,4)23-22-28(32)33/h16-17,26-28,31-33H,5-15,18-25H2,1-4H3/b17-16-/t26?,27-/m1/s1. The summed E-state index contributed by atoms with van der Waals surface area (Å²) in [5, 5.41) is 28.1. The van der Waals surface area contributed by atoms with E-state index in [9.17, 15) is 19.4 Å². The van der Waals surface area contributed by atoms with Gasteiger partial charge in [-0.15, -0.1) is 0 Å². The zero-order valence-electron chi connectivity index (χ0n) is 25.1. The van der Waals surface area contributed by atoms with Crippen molar-refractivity contribution >= 4 is 13.6 Å². The number of allylic oxidation sites excluding steroid dienone is 2. The van der Waals surface area contributed by atoms with Crippen molar-refractivity contribution in [3.8, 4) is 0 Å². The van der Waals surface area contributed by atoms with Crippen LogP contribution in [0.3, 0.4) is 0 Å². The fourth-order valence-electron chi connectivity index (χ4n) is 4.14. The van der Waals surface area contributed by atoms with E-state index in [2.05, 4.69) is 19.1 Å². The SMILES string of the molecule is CCCCCCCCCCCC/C=C\CCCCC(=O)OC[C@@H](O)COP(=O)([O-])C(C)[N+](C)(C)CCC(O)O. The molecular formula is C29H58NO8P. The van der Waals surface area contributed by atoms with E-state index in [4.69, 9.17) is 19.5 Å². The Morgan fingerprint density at radius 3 is 1.92 bits per heavy atom. The van der Waals surface area contributed by atoms with E-state index < -0.39 is 38.3 Å². The molecule has 39 heavy (non-hydrogen) atoms. The van der Waals surface area contributed by atoms with Crippen LogP contribution < -0.4 is 4.89 Å². The number of esters is 1. The molecule has 0 rings (SSSR count). The first kappa shape index (κ1) is 38.2. The third-order valence-electron chi connectivity index (χ3n) is 7.21.